The van der Waals surface area contributed by atoms with Gasteiger partial charge in [-0.3, -0.25) is 0 Å². The van der Waals surface area contributed by atoms with Crippen LogP contribution in [0, 0.1) is 11.8 Å². The molecule has 2 fully saturated rings. The first-order valence-corrected chi connectivity index (χ1v) is 8.14. The van der Waals surface area contributed by atoms with Crippen molar-refractivity contribution < 1.29 is 17.9 Å². The minimum atomic E-state index is -4.51. The van der Waals surface area contributed by atoms with Gasteiger partial charge in [0.1, 0.15) is 5.82 Å². The molecule has 8 heteroatoms. The van der Waals surface area contributed by atoms with Gasteiger partial charge in [0, 0.05) is 32.4 Å². The summed E-state index contributed by atoms with van der Waals surface area (Å²) in [6.45, 7) is 1.46. The van der Waals surface area contributed by atoms with E-state index in [1.807, 2.05) is 19.0 Å². The van der Waals surface area contributed by atoms with Crippen molar-refractivity contribution in [3.8, 4) is 0 Å². The number of rotatable bonds is 3. The molecule has 1 aliphatic heterocycles. The molecule has 0 spiro atoms. The highest BCUT2D eigenvalue weighted by Crippen LogP contribution is 2.40. The van der Waals surface area contributed by atoms with Crippen LogP contribution in [-0.2, 0) is 10.9 Å². The number of alkyl halides is 3. The predicted octanol–water partition coefficient (Wildman–Crippen LogP) is 2.29. The molecular formula is C16H23F3N4O. The molecule has 0 N–H and O–H groups in total. The summed E-state index contributed by atoms with van der Waals surface area (Å²) in [6, 6.07) is 1.90. The Bertz CT molecular complexity index is 581. The topological polar surface area (TPSA) is 41.5 Å². The third-order valence-corrected chi connectivity index (χ3v) is 5.27. The molecule has 134 valence electrons. The lowest BCUT2D eigenvalue weighted by Gasteiger charge is -2.40. The summed E-state index contributed by atoms with van der Waals surface area (Å²) in [5, 5.41) is 0. The summed E-state index contributed by atoms with van der Waals surface area (Å²) < 4.78 is 44.1. The average Bonchev–Trinajstić information content (AvgIpc) is 2.95. The van der Waals surface area contributed by atoms with Gasteiger partial charge < -0.3 is 14.5 Å². The number of hydrogen-bond acceptors (Lipinski definition) is 5. The molecule has 0 bridgehead atoms. The lowest BCUT2D eigenvalue weighted by atomic mass is 9.77. The van der Waals surface area contributed by atoms with Crippen LogP contribution in [0.1, 0.15) is 18.7 Å². The number of aromatic nitrogens is 2. The normalized spacial score (nSPS) is 30.7. The molecule has 2 heterocycles. The van der Waals surface area contributed by atoms with Crippen LogP contribution in [0.2, 0.25) is 0 Å². The van der Waals surface area contributed by atoms with E-state index >= 15 is 0 Å². The van der Waals surface area contributed by atoms with Crippen LogP contribution in [0.3, 0.4) is 0 Å². The Morgan fingerprint density at radius 2 is 1.88 bits per heavy atom. The summed E-state index contributed by atoms with van der Waals surface area (Å²) in [6.07, 6.45) is -1.24. The fraction of sp³-hybridized carbons (Fsp3) is 0.750. The molecule has 1 aromatic heterocycles. The highest BCUT2D eigenvalue weighted by Gasteiger charge is 2.44. The second-order valence-electron chi connectivity index (χ2n) is 6.94. The van der Waals surface area contributed by atoms with Gasteiger partial charge in [-0.25, -0.2) is 9.97 Å². The molecule has 4 atom stereocenters. The van der Waals surface area contributed by atoms with Gasteiger partial charge in [0.2, 0.25) is 5.82 Å². The zero-order valence-corrected chi connectivity index (χ0v) is 14.1. The van der Waals surface area contributed by atoms with E-state index in [0.717, 1.165) is 25.9 Å². The van der Waals surface area contributed by atoms with Crippen molar-refractivity contribution in [2.75, 3.05) is 39.2 Å². The number of anilines is 1. The van der Waals surface area contributed by atoms with Crippen molar-refractivity contribution >= 4 is 5.82 Å². The first-order chi connectivity index (χ1) is 11.3. The Morgan fingerprint density at radius 1 is 1.21 bits per heavy atom. The summed E-state index contributed by atoms with van der Waals surface area (Å²) in [5.41, 5.74) is 0. The number of nitrogens with zero attached hydrogens (tertiary/aromatic N) is 4. The Kier molecular flexibility index (Phi) is 4.70. The van der Waals surface area contributed by atoms with Gasteiger partial charge in [-0.15, -0.1) is 0 Å². The zero-order chi connectivity index (χ0) is 17.5. The number of likely N-dealkylation sites (N-methyl/N-ethyl adjacent to an activating group) is 1. The molecular weight excluding hydrogens is 321 g/mol. The maximum Gasteiger partial charge on any atom is 0.451 e. The SMILES string of the molecule is CO[C@@H]1C[C@H]2CN(c3ccnc(C(F)(F)F)n3)C[C@H]2C[C@H]1N(C)C. The molecule has 0 aromatic carbocycles. The van der Waals surface area contributed by atoms with Crippen LogP contribution in [-0.4, -0.2) is 61.3 Å². The molecule has 0 unspecified atom stereocenters. The van der Waals surface area contributed by atoms with E-state index in [9.17, 15) is 13.2 Å². The maximum atomic E-state index is 12.8. The molecule has 24 heavy (non-hydrogen) atoms. The second kappa shape index (κ2) is 6.48. The summed E-state index contributed by atoms with van der Waals surface area (Å²) in [4.78, 5) is 11.2. The Morgan fingerprint density at radius 3 is 2.46 bits per heavy atom. The van der Waals surface area contributed by atoms with E-state index in [4.69, 9.17) is 4.74 Å². The fourth-order valence-corrected chi connectivity index (χ4v) is 4.04. The number of halogens is 3. The first kappa shape index (κ1) is 17.4. The second-order valence-corrected chi connectivity index (χ2v) is 6.94. The highest BCUT2D eigenvalue weighted by molar-refractivity contribution is 5.40. The number of methoxy groups -OCH3 is 1. The van der Waals surface area contributed by atoms with E-state index in [1.54, 1.807) is 13.2 Å². The van der Waals surface area contributed by atoms with Crippen molar-refractivity contribution in [1.29, 1.82) is 0 Å². The molecule has 1 saturated heterocycles. The van der Waals surface area contributed by atoms with Gasteiger partial charge in [-0.1, -0.05) is 0 Å². The van der Waals surface area contributed by atoms with E-state index in [2.05, 4.69) is 14.9 Å². The lowest BCUT2D eigenvalue weighted by Crippen LogP contribution is -2.47. The van der Waals surface area contributed by atoms with Gasteiger partial charge in [-0.05, 0) is 44.8 Å². The van der Waals surface area contributed by atoms with Gasteiger partial charge in [0.05, 0.1) is 6.10 Å². The minimum Gasteiger partial charge on any atom is -0.380 e. The Labute approximate surface area is 139 Å². The lowest BCUT2D eigenvalue weighted by molar-refractivity contribution is -0.144. The molecule has 1 aliphatic carbocycles. The van der Waals surface area contributed by atoms with E-state index in [-0.39, 0.29) is 6.10 Å². The fourth-order valence-electron chi connectivity index (χ4n) is 4.04. The minimum absolute atomic E-state index is 0.164. The van der Waals surface area contributed by atoms with E-state index < -0.39 is 12.0 Å². The molecule has 2 aliphatic rings. The van der Waals surface area contributed by atoms with Crippen LogP contribution in [0.15, 0.2) is 12.3 Å². The standard InChI is InChI=1S/C16H23F3N4O/c1-22(2)12-6-10-8-23(9-11(10)7-13(12)24-3)14-4-5-20-15(21-14)16(17,18)19/h4-5,10-13H,6-9H2,1-3H3/t10-,11+,12-,13-/m1/s1. The van der Waals surface area contributed by atoms with Crippen molar-refractivity contribution in [1.82, 2.24) is 14.9 Å². The van der Waals surface area contributed by atoms with E-state index in [0.29, 0.717) is 23.7 Å². The van der Waals surface area contributed by atoms with Crippen molar-refractivity contribution in [2.45, 2.75) is 31.2 Å². The quantitative estimate of drug-likeness (QED) is 0.842. The summed E-state index contributed by atoms with van der Waals surface area (Å²) in [5.74, 6) is 0.168. The maximum absolute atomic E-state index is 12.8. The number of fused-ring (bicyclic) bond motifs is 1. The van der Waals surface area contributed by atoms with Crippen LogP contribution < -0.4 is 4.90 Å². The van der Waals surface area contributed by atoms with Gasteiger partial charge in [0.25, 0.3) is 0 Å². The smallest absolute Gasteiger partial charge is 0.380 e. The predicted molar refractivity (Wildman–Crippen MR) is 83.7 cm³/mol. The molecule has 1 aromatic rings. The number of ether oxygens (including phenoxy) is 1. The van der Waals surface area contributed by atoms with Crippen molar-refractivity contribution in [3.05, 3.63) is 18.1 Å². The Balaban J connectivity index is 1.76. The van der Waals surface area contributed by atoms with Gasteiger partial charge in [0.15, 0.2) is 0 Å². The largest absolute Gasteiger partial charge is 0.451 e. The zero-order valence-electron chi connectivity index (χ0n) is 14.1. The summed E-state index contributed by atoms with van der Waals surface area (Å²) >= 11 is 0. The van der Waals surface area contributed by atoms with Gasteiger partial charge >= 0.3 is 6.18 Å². The first-order valence-electron chi connectivity index (χ1n) is 8.14. The van der Waals surface area contributed by atoms with Crippen LogP contribution in [0.5, 0.6) is 0 Å². The van der Waals surface area contributed by atoms with E-state index in [1.165, 1.54) is 6.20 Å². The van der Waals surface area contributed by atoms with Crippen molar-refractivity contribution in [3.63, 3.8) is 0 Å². The van der Waals surface area contributed by atoms with Crippen LogP contribution >= 0.6 is 0 Å². The molecule has 0 amide bonds. The Hall–Kier alpha value is -1.41. The number of hydrogen-bond donors (Lipinski definition) is 0. The molecule has 3 rings (SSSR count). The van der Waals surface area contributed by atoms with Crippen molar-refractivity contribution in [2.24, 2.45) is 11.8 Å². The monoisotopic (exact) mass is 344 g/mol. The average molecular weight is 344 g/mol. The van der Waals surface area contributed by atoms with Crippen LogP contribution in [0.25, 0.3) is 0 Å². The van der Waals surface area contributed by atoms with Gasteiger partial charge in [-0.2, -0.15) is 13.2 Å². The third-order valence-electron chi connectivity index (χ3n) is 5.27. The molecule has 1 saturated carbocycles. The highest BCUT2D eigenvalue weighted by atomic mass is 19.4. The van der Waals surface area contributed by atoms with Crippen LogP contribution in [0.4, 0.5) is 19.0 Å². The summed E-state index contributed by atoms with van der Waals surface area (Å²) in [7, 11) is 5.82. The molecule has 5 nitrogen and oxygen atoms in total. The third kappa shape index (κ3) is 3.35. The molecule has 0 radical (unpaired) electrons.